The van der Waals surface area contributed by atoms with E-state index in [0.717, 1.165) is 16.9 Å². The molecule has 0 saturated heterocycles. The van der Waals surface area contributed by atoms with Crippen LogP contribution in [0.15, 0.2) is 18.2 Å². The average Bonchev–Trinajstić information content (AvgIpc) is 2.37. The molecular weight excluding hydrogens is 254 g/mol. The Morgan fingerprint density at radius 1 is 1.35 bits per heavy atom. The summed E-state index contributed by atoms with van der Waals surface area (Å²) in [6, 6.07) is 5.86. The van der Waals surface area contributed by atoms with Crippen LogP contribution in [0, 0.1) is 19.8 Å². The maximum Gasteiger partial charge on any atom is 0.258 e. The van der Waals surface area contributed by atoms with Crippen molar-refractivity contribution in [2.45, 2.75) is 40.2 Å². The zero-order valence-corrected chi connectivity index (χ0v) is 13.0. The first-order chi connectivity index (χ1) is 9.30. The molecule has 0 unspecified atom stereocenters. The van der Waals surface area contributed by atoms with E-state index in [9.17, 15) is 9.90 Å². The van der Waals surface area contributed by atoms with Gasteiger partial charge in [-0.3, -0.25) is 4.79 Å². The van der Waals surface area contributed by atoms with E-state index in [1.165, 1.54) is 0 Å². The van der Waals surface area contributed by atoms with Gasteiger partial charge in [-0.2, -0.15) is 0 Å². The smallest absolute Gasteiger partial charge is 0.258 e. The van der Waals surface area contributed by atoms with E-state index in [1.54, 1.807) is 0 Å². The zero-order valence-electron chi connectivity index (χ0n) is 13.0. The molecule has 4 heteroatoms. The second-order valence-corrected chi connectivity index (χ2v) is 5.79. The molecule has 0 bridgehead atoms. The van der Waals surface area contributed by atoms with Crippen LogP contribution in [0.1, 0.15) is 31.9 Å². The number of ether oxygens (including phenoxy) is 1. The molecule has 0 aliphatic carbocycles. The number of rotatable bonds is 6. The summed E-state index contributed by atoms with van der Waals surface area (Å²) in [5.41, 5.74) is 1.39. The number of nitrogens with one attached hydrogen (secondary N) is 1. The topological polar surface area (TPSA) is 58.6 Å². The molecule has 20 heavy (non-hydrogen) atoms. The van der Waals surface area contributed by atoms with Gasteiger partial charge >= 0.3 is 0 Å². The number of carbonyl (C=O) groups is 1. The molecule has 1 amide bonds. The van der Waals surface area contributed by atoms with Crippen molar-refractivity contribution in [1.29, 1.82) is 0 Å². The van der Waals surface area contributed by atoms with E-state index in [-0.39, 0.29) is 25.0 Å². The molecule has 0 aromatic heterocycles. The Hall–Kier alpha value is -1.55. The van der Waals surface area contributed by atoms with Crippen LogP contribution in [-0.4, -0.2) is 29.8 Å². The number of hydrogen-bond acceptors (Lipinski definition) is 3. The van der Waals surface area contributed by atoms with Gasteiger partial charge in [0.25, 0.3) is 5.91 Å². The summed E-state index contributed by atoms with van der Waals surface area (Å²) in [5, 5.41) is 12.3. The van der Waals surface area contributed by atoms with Gasteiger partial charge < -0.3 is 15.2 Å². The molecule has 112 valence electrons. The first kappa shape index (κ1) is 16.5. The first-order valence-corrected chi connectivity index (χ1v) is 6.91. The Morgan fingerprint density at radius 2 is 1.90 bits per heavy atom. The lowest BCUT2D eigenvalue weighted by Gasteiger charge is -2.32. The number of para-hydroxylation sites is 1. The van der Waals surface area contributed by atoms with Crippen molar-refractivity contribution >= 4 is 5.91 Å². The second-order valence-electron chi connectivity index (χ2n) is 5.79. The Bertz CT molecular complexity index is 451. The minimum atomic E-state index is -0.624. The summed E-state index contributed by atoms with van der Waals surface area (Å²) in [4.78, 5) is 12.0. The Morgan fingerprint density at radius 3 is 2.35 bits per heavy atom. The normalized spacial score (nSPS) is 13.9. The summed E-state index contributed by atoms with van der Waals surface area (Å²) in [5.74, 6) is 0.660. The third-order valence-electron chi connectivity index (χ3n) is 3.78. The fourth-order valence-corrected chi connectivity index (χ4v) is 1.89. The number of carbonyl (C=O) groups excluding carboxylic acids is 1. The van der Waals surface area contributed by atoms with Gasteiger partial charge in [0.1, 0.15) is 5.75 Å². The molecule has 1 aromatic carbocycles. The Balaban J connectivity index is 2.64. The maximum atomic E-state index is 12.0. The summed E-state index contributed by atoms with van der Waals surface area (Å²) < 4.78 is 5.61. The van der Waals surface area contributed by atoms with Crippen molar-refractivity contribution in [2.24, 2.45) is 5.92 Å². The number of hydrogen-bond donors (Lipinski definition) is 2. The third-order valence-corrected chi connectivity index (χ3v) is 3.78. The van der Waals surface area contributed by atoms with E-state index in [1.807, 2.05) is 52.8 Å². The zero-order chi connectivity index (χ0) is 15.3. The molecule has 1 atom stereocenters. The lowest BCUT2D eigenvalue weighted by Crippen LogP contribution is -2.54. The Kier molecular flexibility index (Phi) is 5.57. The minimum absolute atomic E-state index is 0.0476. The monoisotopic (exact) mass is 279 g/mol. The predicted molar refractivity (Wildman–Crippen MR) is 79.9 cm³/mol. The molecule has 1 rings (SSSR count). The van der Waals surface area contributed by atoms with E-state index in [2.05, 4.69) is 5.32 Å². The van der Waals surface area contributed by atoms with Gasteiger partial charge in [0.15, 0.2) is 6.61 Å². The number of amides is 1. The molecule has 2 N–H and O–H groups in total. The van der Waals surface area contributed by atoms with Gasteiger partial charge in [-0.1, -0.05) is 32.0 Å². The molecular formula is C16H25NO3. The highest BCUT2D eigenvalue weighted by atomic mass is 16.5. The summed E-state index contributed by atoms with van der Waals surface area (Å²) in [7, 11) is 0. The molecule has 4 nitrogen and oxygen atoms in total. The summed E-state index contributed by atoms with van der Waals surface area (Å²) >= 11 is 0. The van der Waals surface area contributed by atoms with Gasteiger partial charge in [-0.05, 0) is 37.8 Å². The van der Waals surface area contributed by atoms with Crippen LogP contribution in [-0.2, 0) is 4.79 Å². The number of aryl methyl sites for hydroxylation is 2. The van der Waals surface area contributed by atoms with Gasteiger partial charge in [-0.25, -0.2) is 0 Å². The average molecular weight is 279 g/mol. The van der Waals surface area contributed by atoms with Crippen LogP contribution in [0.2, 0.25) is 0 Å². The highest BCUT2D eigenvalue weighted by molar-refractivity contribution is 5.78. The highest BCUT2D eigenvalue weighted by Crippen LogP contribution is 2.22. The van der Waals surface area contributed by atoms with Crippen LogP contribution in [0.5, 0.6) is 5.75 Å². The van der Waals surface area contributed by atoms with E-state index < -0.39 is 5.54 Å². The molecule has 0 fully saturated rings. The van der Waals surface area contributed by atoms with Crippen LogP contribution in [0.25, 0.3) is 0 Å². The van der Waals surface area contributed by atoms with Crippen LogP contribution < -0.4 is 10.1 Å². The third kappa shape index (κ3) is 3.97. The summed E-state index contributed by atoms with van der Waals surface area (Å²) in [6.45, 7) is 9.51. The molecule has 0 aliphatic heterocycles. The largest absolute Gasteiger partial charge is 0.483 e. The maximum absolute atomic E-state index is 12.0. The van der Waals surface area contributed by atoms with Crippen molar-refractivity contribution in [1.82, 2.24) is 5.32 Å². The quantitative estimate of drug-likeness (QED) is 0.839. The van der Waals surface area contributed by atoms with E-state index in [4.69, 9.17) is 4.74 Å². The molecule has 0 heterocycles. The van der Waals surface area contributed by atoms with Crippen molar-refractivity contribution in [3.63, 3.8) is 0 Å². The molecule has 0 spiro atoms. The number of aliphatic hydroxyl groups is 1. The minimum Gasteiger partial charge on any atom is -0.483 e. The van der Waals surface area contributed by atoms with E-state index >= 15 is 0 Å². The number of benzene rings is 1. The van der Waals surface area contributed by atoms with Gasteiger partial charge in [0, 0.05) is 0 Å². The van der Waals surface area contributed by atoms with Crippen LogP contribution in [0.3, 0.4) is 0 Å². The van der Waals surface area contributed by atoms with Crippen molar-refractivity contribution in [2.75, 3.05) is 13.2 Å². The van der Waals surface area contributed by atoms with Gasteiger partial charge in [-0.15, -0.1) is 0 Å². The lowest BCUT2D eigenvalue weighted by molar-refractivity contribution is -0.126. The fourth-order valence-electron chi connectivity index (χ4n) is 1.89. The lowest BCUT2D eigenvalue weighted by atomic mass is 9.89. The van der Waals surface area contributed by atoms with Crippen molar-refractivity contribution in [3.05, 3.63) is 29.3 Å². The number of aliphatic hydroxyl groups excluding tert-OH is 1. The molecule has 1 aromatic rings. The molecule has 0 saturated carbocycles. The Labute approximate surface area is 121 Å². The summed E-state index contributed by atoms with van der Waals surface area (Å²) in [6.07, 6.45) is 0. The fraction of sp³-hybridized carbons (Fsp3) is 0.562. The van der Waals surface area contributed by atoms with E-state index in [0.29, 0.717) is 0 Å². The molecule has 0 aliphatic rings. The van der Waals surface area contributed by atoms with Crippen LogP contribution in [0.4, 0.5) is 0 Å². The predicted octanol–water partition coefficient (Wildman–Crippen LogP) is 2.21. The SMILES string of the molecule is Cc1cccc(C)c1OCC(=O)N[C@](C)(CO)C(C)C. The van der Waals surface area contributed by atoms with Crippen molar-refractivity contribution in [3.8, 4) is 5.75 Å². The molecule has 0 radical (unpaired) electrons. The first-order valence-electron chi connectivity index (χ1n) is 6.91. The van der Waals surface area contributed by atoms with Crippen molar-refractivity contribution < 1.29 is 14.6 Å². The second kappa shape index (κ2) is 6.75. The van der Waals surface area contributed by atoms with Gasteiger partial charge in [0.05, 0.1) is 12.1 Å². The van der Waals surface area contributed by atoms with Crippen LogP contribution >= 0.6 is 0 Å². The highest BCUT2D eigenvalue weighted by Gasteiger charge is 2.29. The standard InChI is InChI=1S/C16H25NO3/c1-11(2)16(5,10-18)17-14(19)9-20-15-12(3)7-6-8-13(15)4/h6-8,11,18H,9-10H2,1-5H3,(H,17,19)/t16-/m1/s1. The van der Waals surface area contributed by atoms with Gasteiger partial charge in [0.2, 0.25) is 0 Å².